The van der Waals surface area contributed by atoms with Gasteiger partial charge in [-0.1, -0.05) is 44.2 Å². The third-order valence-electron chi connectivity index (χ3n) is 3.11. The van der Waals surface area contributed by atoms with Gasteiger partial charge in [0.05, 0.1) is 5.54 Å². The topological polar surface area (TPSA) is 81.4 Å². The number of hydrogen-bond donors (Lipinski definition) is 2. The van der Waals surface area contributed by atoms with E-state index in [1.165, 1.54) is 0 Å². The number of esters is 1. The van der Waals surface area contributed by atoms with E-state index < -0.39 is 17.6 Å². The second kappa shape index (κ2) is 7.94. The molecule has 1 atom stereocenters. The van der Waals surface area contributed by atoms with E-state index in [9.17, 15) is 9.59 Å². The number of carbonyl (C=O) groups excluding carboxylic acids is 2. The summed E-state index contributed by atoms with van der Waals surface area (Å²) in [6.45, 7) is 7.36. The Kier molecular flexibility index (Phi) is 6.56. The van der Waals surface area contributed by atoms with Gasteiger partial charge in [-0.25, -0.2) is 4.79 Å². The van der Waals surface area contributed by atoms with Crippen molar-refractivity contribution >= 4 is 11.9 Å². The average molecular weight is 306 g/mol. The molecule has 0 bridgehead atoms. The van der Waals surface area contributed by atoms with Crippen LogP contribution in [-0.4, -0.2) is 23.5 Å². The van der Waals surface area contributed by atoms with Crippen molar-refractivity contribution in [1.29, 1.82) is 0 Å². The lowest BCUT2D eigenvalue weighted by Crippen LogP contribution is -2.54. The fourth-order valence-corrected chi connectivity index (χ4v) is 1.86. The molecule has 0 radical (unpaired) electrons. The predicted molar refractivity (Wildman–Crippen MR) is 85.9 cm³/mol. The van der Waals surface area contributed by atoms with E-state index in [0.29, 0.717) is 6.42 Å². The van der Waals surface area contributed by atoms with E-state index in [4.69, 9.17) is 10.5 Å². The van der Waals surface area contributed by atoms with E-state index in [1.54, 1.807) is 13.8 Å². The summed E-state index contributed by atoms with van der Waals surface area (Å²) < 4.78 is 5.31. The normalized spacial score (nSPS) is 12.8. The number of ether oxygens (including phenoxy) is 1. The maximum atomic E-state index is 12.2. The number of rotatable bonds is 7. The minimum atomic E-state index is -1.03. The molecule has 0 fully saturated rings. The second-order valence-corrected chi connectivity index (χ2v) is 6.47. The number of nitrogens with two attached hydrogens (primary N) is 1. The summed E-state index contributed by atoms with van der Waals surface area (Å²) in [6.07, 6.45) is 0.509. The summed E-state index contributed by atoms with van der Waals surface area (Å²) >= 11 is 0. The van der Waals surface area contributed by atoms with Crippen LogP contribution in [0.4, 0.5) is 0 Å². The Morgan fingerprint density at radius 3 is 2.32 bits per heavy atom. The molecule has 122 valence electrons. The first-order chi connectivity index (χ1) is 10.2. The van der Waals surface area contributed by atoms with Gasteiger partial charge in [0, 0.05) is 0 Å². The third-order valence-corrected chi connectivity index (χ3v) is 3.11. The summed E-state index contributed by atoms with van der Waals surface area (Å²) in [5, 5.41) is 2.69. The van der Waals surface area contributed by atoms with Crippen molar-refractivity contribution in [2.45, 2.75) is 52.3 Å². The van der Waals surface area contributed by atoms with Crippen molar-refractivity contribution in [3.8, 4) is 0 Å². The van der Waals surface area contributed by atoms with Crippen LogP contribution in [0.5, 0.6) is 0 Å². The molecule has 5 heteroatoms. The summed E-state index contributed by atoms with van der Waals surface area (Å²) in [4.78, 5) is 24.2. The van der Waals surface area contributed by atoms with Gasteiger partial charge in [0.1, 0.15) is 12.6 Å². The molecule has 22 heavy (non-hydrogen) atoms. The Labute approximate surface area is 132 Å². The van der Waals surface area contributed by atoms with Crippen LogP contribution in [0.25, 0.3) is 0 Å². The van der Waals surface area contributed by atoms with Crippen molar-refractivity contribution in [2.24, 2.45) is 11.7 Å². The fourth-order valence-electron chi connectivity index (χ4n) is 1.86. The molecule has 1 aromatic carbocycles. The summed E-state index contributed by atoms with van der Waals surface area (Å²) in [5.74, 6) is -0.555. The molecule has 0 spiro atoms. The monoisotopic (exact) mass is 306 g/mol. The van der Waals surface area contributed by atoms with Crippen LogP contribution >= 0.6 is 0 Å². The highest BCUT2D eigenvalue weighted by molar-refractivity contribution is 5.89. The summed E-state index contributed by atoms with van der Waals surface area (Å²) in [5.41, 5.74) is 5.63. The number of carbonyl (C=O) groups is 2. The van der Waals surface area contributed by atoms with Gasteiger partial charge in [0.25, 0.3) is 0 Å². The van der Waals surface area contributed by atoms with Crippen LogP contribution in [0.3, 0.4) is 0 Å². The molecule has 0 aromatic heterocycles. The highest BCUT2D eigenvalue weighted by Gasteiger charge is 2.29. The van der Waals surface area contributed by atoms with Gasteiger partial charge in [0.2, 0.25) is 5.91 Å². The van der Waals surface area contributed by atoms with Crippen molar-refractivity contribution in [1.82, 2.24) is 5.32 Å². The maximum Gasteiger partial charge on any atom is 0.328 e. The molecule has 1 aromatic rings. The highest BCUT2D eigenvalue weighted by Crippen LogP contribution is 2.10. The summed E-state index contributed by atoms with van der Waals surface area (Å²) in [7, 11) is 0. The number of benzene rings is 1. The summed E-state index contributed by atoms with van der Waals surface area (Å²) in [6, 6.07) is 8.75. The molecule has 5 nitrogen and oxygen atoms in total. The Morgan fingerprint density at radius 2 is 1.82 bits per heavy atom. The molecule has 0 aliphatic heterocycles. The van der Waals surface area contributed by atoms with Crippen molar-refractivity contribution in [2.75, 3.05) is 0 Å². The van der Waals surface area contributed by atoms with Gasteiger partial charge in [-0.05, 0) is 31.7 Å². The van der Waals surface area contributed by atoms with Crippen LogP contribution in [0, 0.1) is 5.92 Å². The molecule has 1 rings (SSSR count). The Hall–Kier alpha value is -1.88. The quantitative estimate of drug-likeness (QED) is 0.755. The lowest BCUT2D eigenvalue weighted by Gasteiger charge is -2.24. The SMILES string of the molecule is CC(C)C[C@H](NC(=O)C(C)(C)N)C(=O)OCc1ccccc1. The Bertz CT molecular complexity index is 492. The number of amides is 1. The van der Waals surface area contributed by atoms with Crippen molar-refractivity contribution < 1.29 is 14.3 Å². The lowest BCUT2D eigenvalue weighted by molar-refractivity contribution is -0.150. The molecule has 0 saturated heterocycles. The highest BCUT2D eigenvalue weighted by atomic mass is 16.5. The van der Waals surface area contributed by atoms with E-state index in [-0.39, 0.29) is 18.4 Å². The van der Waals surface area contributed by atoms with Crippen molar-refractivity contribution in [3.05, 3.63) is 35.9 Å². The van der Waals surface area contributed by atoms with Gasteiger partial charge in [-0.3, -0.25) is 4.79 Å². The Morgan fingerprint density at radius 1 is 1.23 bits per heavy atom. The Balaban J connectivity index is 2.66. The van der Waals surface area contributed by atoms with Crippen molar-refractivity contribution in [3.63, 3.8) is 0 Å². The molecule has 3 N–H and O–H groups in total. The van der Waals surface area contributed by atoms with Gasteiger partial charge in [-0.2, -0.15) is 0 Å². The third kappa shape index (κ3) is 6.26. The smallest absolute Gasteiger partial charge is 0.328 e. The minimum Gasteiger partial charge on any atom is -0.459 e. The van der Waals surface area contributed by atoms with Gasteiger partial charge in [0.15, 0.2) is 0 Å². The van der Waals surface area contributed by atoms with Gasteiger partial charge >= 0.3 is 5.97 Å². The van der Waals surface area contributed by atoms with E-state index in [2.05, 4.69) is 5.32 Å². The number of nitrogens with one attached hydrogen (secondary N) is 1. The standard InChI is InChI=1S/C17H26N2O3/c1-12(2)10-14(19-16(21)17(3,4)18)15(20)22-11-13-8-6-5-7-9-13/h5-9,12,14H,10-11,18H2,1-4H3,(H,19,21)/t14-/m0/s1. The first-order valence-electron chi connectivity index (χ1n) is 7.50. The predicted octanol–water partition coefficient (Wildman–Crippen LogP) is 2.00. The largest absolute Gasteiger partial charge is 0.459 e. The van der Waals surface area contributed by atoms with Gasteiger partial charge in [-0.15, -0.1) is 0 Å². The molecule has 0 aliphatic rings. The molecule has 0 aliphatic carbocycles. The second-order valence-electron chi connectivity index (χ2n) is 6.47. The van der Waals surface area contributed by atoms with Gasteiger partial charge < -0.3 is 15.8 Å². The zero-order valence-electron chi connectivity index (χ0n) is 13.8. The molecule has 1 amide bonds. The number of hydrogen-bond acceptors (Lipinski definition) is 4. The fraction of sp³-hybridized carbons (Fsp3) is 0.529. The molecular weight excluding hydrogens is 280 g/mol. The molecular formula is C17H26N2O3. The van der Waals surface area contributed by atoms with Crippen LogP contribution in [0.1, 0.15) is 39.7 Å². The maximum absolute atomic E-state index is 12.2. The zero-order valence-corrected chi connectivity index (χ0v) is 13.8. The van der Waals surface area contributed by atoms with Crippen LogP contribution in [-0.2, 0) is 20.9 Å². The lowest BCUT2D eigenvalue weighted by atomic mass is 10.0. The minimum absolute atomic E-state index is 0.191. The van der Waals surface area contributed by atoms with E-state index in [1.807, 2.05) is 44.2 Å². The molecule has 0 heterocycles. The van der Waals surface area contributed by atoms with Crippen LogP contribution < -0.4 is 11.1 Å². The first-order valence-corrected chi connectivity index (χ1v) is 7.50. The van der Waals surface area contributed by atoms with Crippen LogP contribution in [0.2, 0.25) is 0 Å². The van der Waals surface area contributed by atoms with E-state index >= 15 is 0 Å². The molecule has 0 unspecified atom stereocenters. The molecule has 0 saturated carbocycles. The van der Waals surface area contributed by atoms with Crippen LogP contribution in [0.15, 0.2) is 30.3 Å². The average Bonchev–Trinajstić information content (AvgIpc) is 2.43. The zero-order chi connectivity index (χ0) is 16.8. The first kappa shape index (κ1) is 18.2. The van der Waals surface area contributed by atoms with E-state index in [0.717, 1.165) is 5.56 Å².